The topological polar surface area (TPSA) is 111 Å². The maximum atomic E-state index is 13.6. The van der Waals surface area contributed by atoms with Crippen LogP contribution in [0.3, 0.4) is 0 Å². The normalized spacial score (nSPS) is 13.7. The van der Waals surface area contributed by atoms with E-state index in [-0.39, 0.29) is 25.1 Å². The predicted octanol–water partition coefficient (Wildman–Crippen LogP) is 22.2. The Morgan fingerprint density at radius 3 is 1.14 bits per heavy atom. The van der Waals surface area contributed by atoms with E-state index >= 15 is 0 Å². The summed E-state index contributed by atoms with van der Waals surface area (Å²) in [5.74, 6) is -0.489. The van der Waals surface area contributed by atoms with Crippen molar-refractivity contribution >= 4 is 19.7 Å². The number of hydrogen-bond acceptors (Lipinski definition) is 6. The molecule has 81 heavy (non-hydrogen) atoms. The smallest absolute Gasteiger partial charge is 0.456 e. The Morgan fingerprint density at radius 1 is 0.432 bits per heavy atom. The monoisotopic (exact) mass is 1160 g/mol. The molecule has 0 saturated heterocycles. The number of esters is 1. The van der Waals surface area contributed by atoms with Gasteiger partial charge in [-0.1, -0.05) is 314 Å². The molecule has 9 nitrogen and oxygen atoms in total. The first kappa shape index (κ1) is 79.2. The summed E-state index contributed by atoms with van der Waals surface area (Å²) < 4.78 is 30.8. The van der Waals surface area contributed by atoms with Crippen molar-refractivity contribution in [2.24, 2.45) is 0 Å². The fourth-order valence-corrected chi connectivity index (χ4v) is 11.4. The first-order chi connectivity index (χ1) is 39.4. The molecule has 0 aliphatic rings. The SMILES string of the molecule is CCCCC/C=C\C/C=C\CCCCCCCCCCCCCC(=O)OC(/C=C/CCCCCCCCCCC)C(COP(=O)(O)OCC[N+](C)(C)C)NC(=O)CCCCCCCCCCCCCCCCCCCCCCCCC. The standard InChI is InChI=1S/C71H137N2O7P/c1-7-10-13-16-19-22-25-27-29-31-33-35-36-38-39-41-43-45-48-51-54-57-60-63-70(74)72-68(67-79-81(76,77)78-66-65-73(4,5)6)69(62-59-56-53-50-47-24-21-18-15-12-9-3)80-71(75)64-61-58-55-52-49-46-44-42-40-37-34-32-30-28-26-23-20-17-14-11-8-2/h20,23,28,30,59,62,68-69H,7-19,21-22,24-27,29,31-58,60-61,63-67H2,1-6H3,(H-,72,74,76,77)/p+1/b23-20-,30-28-,62-59+. The number of quaternary nitrogens is 1. The molecule has 478 valence electrons. The summed E-state index contributed by atoms with van der Waals surface area (Å²) in [5, 5.41) is 3.07. The Kier molecular flexibility index (Phi) is 60.0. The predicted molar refractivity (Wildman–Crippen MR) is 351 cm³/mol. The van der Waals surface area contributed by atoms with Crippen molar-refractivity contribution in [1.82, 2.24) is 5.32 Å². The number of hydrogen-bond donors (Lipinski definition) is 2. The molecule has 0 aromatic carbocycles. The van der Waals surface area contributed by atoms with Gasteiger partial charge in [0.2, 0.25) is 5.91 Å². The third-order valence-electron chi connectivity index (χ3n) is 16.1. The Hall–Kier alpha value is -1.77. The van der Waals surface area contributed by atoms with E-state index in [1.165, 1.54) is 257 Å². The molecule has 0 aromatic heterocycles. The molecule has 0 fully saturated rings. The number of nitrogens with zero attached hydrogens (tertiary/aromatic N) is 1. The lowest BCUT2D eigenvalue weighted by Gasteiger charge is -2.27. The molecular formula is C71H138N2O7P+. The second-order valence-corrected chi connectivity index (χ2v) is 26.9. The minimum atomic E-state index is -4.45. The van der Waals surface area contributed by atoms with Gasteiger partial charge < -0.3 is 19.4 Å². The van der Waals surface area contributed by atoms with Crippen molar-refractivity contribution in [3.63, 3.8) is 0 Å². The number of nitrogens with one attached hydrogen (secondary N) is 1. The highest BCUT2D eigenvalue weighted by molar-refractivity contribution is 7.47. The van der Waals surface area contributed by atoms with Crippen molar-refractivity contribution in [2.45, 2.75) is 367 Å². The molecule has 2 N–H and O–H groups in total. The zero-order valence-electron chi connectivity index (χ0n) is 54.8. The number of rotatable bonds is 65. The minimum Gasteiger partial charge on any atom is -0.456 e. The summed E-state index contributed by atoms with van der Waals surface area (Å²) >= 11 is 0. The van der Waals surface area contributed by atoms with Gasteiger partial charge >= 0.3 is 13.8 Å². The van der Waals surface area contributed by atoms with Crippen LogP contribution >= 0.6 is 7.82 Å². The van der Waals surface area contributed by atoms with Gasteiger partial charge in [0.15, 0.2) is 0 Å². The molecule has 3 unspecified atom stereocenters. The van der Waals surface area contributed by atoms with Gasteiger partial charge in [-0.2, -0.15) is 0 Å². The van der Waals surface area contributed by atoms with Crippen molar-refractivity contribution < 1.29 is 37.3 Å². The molecule has 0 radical (unpaired) electrons. The summed E-state index contributed by atoms with van der Waals surface area (Å²) in [5.41, 5.74) is 0. The highest BCUT2D eigenvalue weighted by Crippen LogP contribution is 2.43. The number of phosphoric acid groups is 1. The van der Waals surface area contributed by atoms with Crippen LogP contribution in [0.2, 0.25) is 0 Å². The molecule has 0 rings (SSSR count). The summed E-state index contributed by atoms with van der Waals surface area (Å²) in [6.45, 7) is 7.04. The average Bonchev–Trinajstić information content (AvgIpc) is 3.43. The number of likely N-dealkylation sites (N-methyl/N-ethyl adjacent to an activating group) is 1. The van der Waals surface area contributed by atoms with E-state index in [2.05, 4.69) is 50.4 Å². The minimum absolute atomic E-state index is 0.0428. The summed E-state index contributed by atoms with van der Waals surface area (Å²) in [6, 6.07) is -0.845. The van der Waals surface area contributed by atoms with Crippen molar-refractivity contribution in [1.29, 1.82) is 0 Å². The Labute approximate surface area is 504 Å². The number of amides is 1. The molecule has 1 amide bonds. The van der Waals surface area contributed by atoms with Crippen molar-refractivity contribution in [2.75, 3.05) is 40.9 Å². The fourth-order valence-electron chi connectivity index (χ4n) is 10.6. The summed E-state index contributed by atoms with van der Waals surface area (Å²) in [7, 11) is 1.51. The van der Waals surface area contributed by atoms with E-state index in [0.717, 1.165) is 64.2 Å². The average molecular weight is 1160 g/mol. The van der Waals surface area contributed by atoms with E-state index < -0.39 is 20.0 Å². The highest BCUT2D eigenvalue weighted by Gasteiger charge is 2.30. The van der Waals surface area contributed by atoms with Crippen LogP contribution in [-0.2, 0) is 27.9 Å². The van der Waals surface area contributed by atoms with Crippen LogP contribution in [0, 0.1) is 0 Å². The van der Waals surface area contributed by atoms with E-state index in [1.807, 2.05) is 33.3 Å². The molecule has 0 heterocycles. The molecule has 10 heteroatoms. The zero-order valence-corrected chi connectivity index (χ0v) is 55.7. The lowest BCUT2D eigenvalue weighted by molar-refractivity contribution is -0.870. The van der Waals surface area contributed by atoms with Crippen LogP contribution in [-0.4, -0.2) is 74.3 Å². The molecule has 0 bridgehead atoms. The molecule has 0 aliphatic carbocycles. The number of carbonyl (C=O) groups excluding carboxylic acids is 2. The molecule has 0 saturated carbocycles. The van der Waals surface area contributed by atoms with Gasteiger partial charge in [0, 0.05) is 12.8 Å². The second kappa shape index (κ2) is 61.3. The highest BCUT2D eigenvalue weighted by atomic mass is 31.2. The molecule has 0 spiro atoms. The molecule has 0 aromatic rings. The van der Waals surface area contributed by atoms with Crippen LogP contribution in [0.15, 0.2) is 36.5 Å². The van der Waals surface area contributed by atoms with Crippen molar-refractivity contribution in [3.05, 3.63) is 36.5 Å². The van der Waals surface area contributed by atoms with Crippen molar-refractivity contribution in [3.8, 4) is 0 Å². The van der Waals surface area contributed by atoms with Gasteiger partial charge in [0.1, 0.15) is 19.3 Å². The lowest BCUT2D eigenvalue weighted by atomic mass is 10.0. The van der Waals surface area contributed by atoms with Gasteiger partial charge in [-0.3, -0.25) is 18.6 Å². The number of phosphoric ester groups is 1. The van der Waals surface area contributed by atoms with E-state index in [0.29, 0.717) is 23.9 Å². The van der Waals surface area contributed by atoms with Gasteiger partial charge in [-0.05, 0) is 63.9 Å². The third-order valence-corrected chi connectivity index (χ3v) is 17.1. The summed E-state index contributed by atoms with van der Waals surface area (Å²) in [4.78, 5) is 37.9. The quantitative estimate of drug-likeness (QED) is 0.0205. The Bertz CT molecular complexity index is 1480. The van der Waals surface area contributed by atoms with Crippen LogP contribution in [0.4, 0.5) is 0 Å². The van der Waals surface area contributed by atoms with Crippen LogP contribution in [0.1, 0.15) is 355 Å². The summed E-state index contributed by atoms with van der Waals surface area (Å²) in [6.07, 6.45) is 75.9. The molecule has 3 atom stereocenters. The van der Waals surface area contributed by atoms with Crippen LogP contribution < -0.4 is 5.32 Å². The largest absolute Gasteiger partial charge is 0.472 e. The van der Waals surface area contributed by atoms with Gasteiger partial charge in [0.05, 0.1) is 33.8 Å². The number of allylic oxidation sites excluding steroid dienone is 5. The maximum Gasteiger partial charge on any atom is 0.472 e. The molecule has 0 aliphatic heterocycles. The fraction of sp³-hybridized carbons (Fsp3) is 0.887. The first-order valence-corrected chi connectivity index (χ1v) is 36.8. The van der Waals surface area contributed by atoms with E-state index in [1.54, 1.807) is 0 Å². The van der Waals surface area contributed by atoms with E-state index in [4.69, 9.17) is 13.8 Å². The second-order valence-electron chi connectivity index (χ2n) is 25.4. The van der Waals surface area contributed by atoms with E-state index in [9.17, 15) is 19.0 Å². The van der Waals surface area contributed by atoms with Gasteiger partial charge in [-0.15, -0.1) is 0 Å². The van der Waals surface area contributed by atoms with Gasteiger partial charge in [0.25, 0.3) is 0 Å². The number of ether oxygens (including phenoxy) is 1. The van der Waals surface area contributed by atoms with Crippen LogP contribution in [0.25, 0.3) is 0 Å². The number of carbonyl (C=O) groups is 2. The Morgan fingerprint density at radius 2 is 0.753 bits per heavy atom. The lowest BCUT2D eigenvalue weighted by Crippen LogP contribution is -2.47. The van der Waals surface area contributed by atoms with Gasteiger partial charge in [-0.25, -0.2) is 4.57 Å². The Balaban J connectivity index is 5.01. The zero-order chi connectivity index (χ0) is 59.3. The molecular weight excluding hydrogens is 1020 g/mol. The third kappa shape index (κ3) is 62.6. The van der Waals surface area contributed by atoms with Crippen LogP contribution in [0.5, 0.6) is 0 Å². The number of unbranched alkanes of at least 4 members (excludes halogenated alkanes) is 45. The first-order valence-electron chi connectivity index (χ1n) is 35.3. The maximum absolute atomic E-state index is 13.6.